The number of carbonyl (C=O) groups is 1. The van der Waals surface area contributed by atoms with E-state index in [1.54, 1.807) is 18.3 Å². The van der Waals surface area contributed by atoms with Crippen LogP contribution in [0.3, 0.4) is 0 Å². The molecule has 0 radical (unpaired) electrons. The van der Waals surface area contributed by atoms with Crippen molar-refractivity contribution < 1.29 is 9.90 Å². The van der Waals surface area contributed by atoms with Crippen LogP contribution in [0.25, 0.3) is 0 Å². The van der Waals surface area contributed by atoms with Gasteiger partial charge in [-0.25, -0.2) is 4.98 Å². The van der Waals surface area contributed by atoms with Gasteiger partial charge in [-0.2, -0.15) is 0 Å². The molecule has 0 aromatic carbocycles. The summed E-state index contributed by atoms with van der Waals surface area (Å²) in [4.78, 5) is 15.4. The van der Waals surface area contributed by atoms with Gasteiger partial charge < -0.3 is 16.2 Å². The summed E-state index contributed by atoms with van der Waals surface area (Å²) in [6, 6.07) is 3.33. The van der Waals surface area contributed by atoms with Gasteiger partial charge in [0.05, 0.1) is 12.2 Å². The quantitative estimate of drug-likeness (QED) is 0.730. The lowest BCUT2D eigenvalue weighted by Gasteiger charge is -2.27. The molecule has 0 atom stereocenters. The number of hydrogen-bond acceptors (Lipinski definition) is 4. The molecule has 1 aromatic heterocycles. The highest BCUT2D eigenvalue weighted by molar-refractivity contribution is 5.97. The van der Waals surface area contributed by atoms with Gasteiger partial charge in [0.15, 0.2) is 0 Å². The largest absolute Gasteiger partial charge is 0.396 e. The van der Waals surface area contributed by atoms with Gasteiger partial charge in [0.1, 0.15) is 5.82 Å². The first-order chi connectivity index (χ1) is 8.67. The van der Waals surface area contributed by atoms with Crippen LogP contribution in [0.5, 0.6) is 0 Å². The number of pyridine rings is 1. The van der Waals surface area contributed by atoms with Gasteiger partial charge in [-0.3, -0.25) is 4.79 Å². The first kappa shape index (κ1) is 12.8. The lowest BCUT2D eigenvalue weighted by Crippen LogP contribution is -2.31. The number of anilines is 1. The number of amides is 1. The molecule has 1 heterocycles. The van der Waals surface area contributed by atoms with Crippen LogP contribution in [0.2, 0.25) is 0 Å². The zero-order valence-electron chi connectivity index (χ0n) is 10.4. The van der Waals surface area contributed by atoms with E-state index in [1.165, 1.54) is 0 Å². The second-order valence-corrected chi connectivity index (χ2v) is 4.98. The minimum absolute atomic E-state index is 0.0769. The molecule has 1 aliphatic carbocycles. The molecule has 5 nitrogen and oxygen atoms in total. The number of carbonyl (C=O) groups excluding carboxylic acids is 1. The summed E-state index contributed by atoms with van der Waals surface area (Å²) in [5.74, 6) is 0.0137. The molecule has 0 aliphatic heterocycles. The average molecular weight is 249 g/mol. The monoisotopic (exact) mass is 249 g/mol. The van der Waals surface area contributed by atoms with E-state index in [0.717, 1.165) is 25.7 Å². The second kappa shape index (κ2) is 5.35. The smallest absolute Gasteiger partial charge is 0.252 e. The number of rotatable bonds is 5. The molecule has 0 spiro atoms. The standard InChI is InChI=1S/C13H19N3O2/c14-11(18)10-4-3-7-15-12(10)16-8-13(9-17)5-1-2-6-13/h3-4,7,17H,1-2,5-6,8-9H2,(H2,14,18)(H,15,16). The molecule has 1 aliphatic rings. The number of aliphatic hydroxyl groups is 1. The van der Waals surface area contributed by atoms with Crippen LogP contribution in [0.15, 0.2) is 18.3 Å². The van der Waals surface area contributed by atoms with Crippen LogP contribution in [-0.4, -0.2) is 29.1 Å². The Labute approximate surface area is 106 Å². The van der Waals surface area contributed by atoms with Crippen LogP contribution >= 0.6 is 0 Å². The van der Waals surface area contributed by atoms with Gasteiger partial charge in [-0.05, 0) is 25.0 Å². The number of nitrogens with two attached hydrogens (primary N) is 1. The minimum atomic E-state index is -0.491. The highest BCUT2D eigenvalue weighted by Crippen LogP contribution is 2.37. The molecular formula is C13H19N3O2. The van der Waals surface area contributed by atoms with E-state index in [9.17, 15) is 9.90 Å². The molecule has 0 bridgehead atoms. The highest BCUT2D eigenvalue weighted by Gasteiger charge is 2.33. The number of nitrogens with zero attached hydrogens (tertiary/aromatic N) is 1. The fourth-order valence-electron chi connectivity index (χ4n) is 2.53. The number of primary amides is 1. The van der Waals surface area contributed by atoms with E-state index < -0.39 is 5.91 Å². The van der Waals surface area contributed by atoms with E-state index in [4.69, 9.17) is 5.73 Å². The summed E-state index contributed by atoms with van der Waals surface area (Å²) >= 11 is 0. The molecule has 0 unspecified atom stereocenters. The molecule has 2 rings (SSSR count). The number of hydrogen-bond donors (Lipinski definition) is 3. The van der Waals surface area contributed by atoms with E-state index >= 15 is 0 Å². The molecule has 18 heavy (non-hydrogen) atoms. The van der Waals surface area contributed by atoms with Crippen LogP contribution in [0.1, 0.15) is 36.0 Å². The van der Waals surface area contributed by atoms with Crippen molar-refractivity contribution >= 4 is 11.7 Å². The Morgan fingerprint density at radius 2 is 2.22 bits per heavy atom. The summed E-state index contributed by atoms with van der Waals surface area (Å²) in [5.41, 5.74) is 5.61. The Balaban J connectivity index is 2.08. The first-order valence-electron chi connectivity index (χ1n) is 6.26. The third-order valence-corrected chi connectivity index (χ3v) is 3.70. The van der Waals surface area contributed by atoms with E-state index in [-0.39, 0.29) is 12.0 Å². The molecular weight excluding hydrogens is 230 g/mol. The first-order valence-corrected chi connectivity index (χ1v) is 6.26. The Morgan fingerprint density at radius 1 is 1.50 bits per heavy atom. The molecule has 98 valence electrons. The number of aromatic nitrogens is 1. The molecule has 1 amide bonds. The minimum Gasteiger partial charge on any atom is -0.396 e. The van der Waals surface area contributed by atoms with E-state index in [2.05, 4.69) is 10.3 Å². The van der Waals surface area contributed by atoms with Crippen molar-refractivity contribution in [2.45, 2.75) is 25.7 Å². The van der Waals surface area contributed by atoms with Gasteiger partial charge in [0.25, 0.3) is 5.91 Å². The normalized spacial score (nSPS) is 17.6. The average Bonchev–Trinajstić information content (AvgIpc) is 2.86. The van der Waals surface area contributed by atoms with Crippen LogP contribution < -0.4 is 11.1 Å². The Kier molecular flexibility index (Phi) is 3.81. The SMILES string of the molecule is NC(=O)c1cccnc1NCC1(CO)CCCC1. The second-order valence-electron chi connectivity index (χ2n) is 4.98. The Hall–Kier alpha value is -1.62. The topological polar surface area (TPSA) is 88.2 Å². The van der Waals surface area contributed by atoms with Crippen molar-refractivity contribution in [2.75, 3.05) is 18.5 Å². The van der Waals surface area contributed by atoms with E-state index in [0.29, 0.717) is 17.9 Å². The maximum Gasteiger partial charge on any atom is 0.252 e. The fourth-order valence-corrected chi connectivity index (χ4v) is 2.53. The van der Waals surface area contributed by atoms with Crippen molar-refractivity contribution in [2.24, 2.45) is 11.1 Å². The summed E-state index contributed by atoms with van der Waals surface area (Å²) in [5, 5.41) is 12.7. The zero-order valence-corrected chi connectivity index (χ0v) is 10.4. The van der Waals surface area contributed by atoms with Gasteiger partial charge >= 0.3 is 0 Å². The number of aliphatic hydroxyl groups excluding tert-OH is 1. The summed E-state index contributed by atoms with van der Waals surface area (Å²) in [6.07, 6.45) is 5.93. The maximum absolute atomic E-state index is 11.3. The Morgan fingerprint density at radius 3 is 2.83 bits per heavy atom. The van der Waals surface area contributed by atoms with Crippen molar-refractivity contribution in [3.05, 3.63) is 23.9 Å². The molecule has 1 saturated carbocycles. The van der Waals surface area contributed by atoms with Crippen LogP contribution in [0, 0.1) is 5.41 Å². The third-order valence-electron chi connectivity index (χ3n) is 3.70. The van der Waals surface area contributed by atoms with Crippen molar-refractivity contribution in [3.63, 3.8) is 0 Å². The Bertz CT molecular complexity index is 428. The van der Waals surface area contributed by atoms with Crippen molar-refractivity contribution in [1.29, 1.82) is 0 Å². The van der Waals surface area contributed by atoms with Crippen LogP contribution in [-0.2, 0) is 0 Å². The molecule has 5 heteroatoms. The van der Waals surface area contributed by atoms with E-state index in [1.807, 2.05) is 0 Å². The van der Waals surface area contributed by atoms with Gasteiger partial charge in [0, 0.05) is 18.2 Å². The third kappa shape index (κ3) is 2.61. The fraction of sp³-hybridized carbons (Fsp3) is 0.538. The molecule has 1 fully saturated rings. The summed E-state index contributed by atoms with van der Waals surface area (Å²) in [7, 11) is 0. The molecule has 0 saturated heterocycles. The van der Waals surface area contributed by atoms with Gasteiger partial charge in [-0.1, -0.05) is 12.8 Å². The van der Waals surface area contributed by atoms with Gasteiger partial charge in [-0.15, -0.1) is 0 Å². The van der Waals surface area contributed by atoms with Crippen LogP contribution in [0.4, 0.5) is 5.82 Å². The number of nitrogens with one attached hydrogen (secondary N) is 1. The molecule has 4 N–H and O–H groups in total. The summed E-state index contributed by atoms with van der Waals surface area (Å²) < 4.78 is 0. The van der Waals surface area contributed by atoms with Gasteiger partial charge in [0.2, 0.25) is 0 Å². The maximum atomic E-state index is 11.3. The van der Waals surface area contributed by atoms with Crippen molar-refractivity contribution in [3.8, 4) is 0 Å². The predicted octanol–water partition coefficient (Wildman–Crippen LogP) is 1.15. The van der Waals surface area contributed by atoms with Crippen molar-refractivity contribution in [1.82, 2.24) is 4.98 Å². The predicted molar refractivity (Wildman–Crippen MR) is 69.2 cm³/mol. The molecule has 1 aromatic rings. The zero-order chi connectivity index (χ0) is 13.0. The summed E-state index contributed by atoms with van der Waals surface area (Å²) in [6.45, 7) is 0.791. The lowest BCUT2D eigenvalue weighted by atomic mass is 9.87. The lowest BCUT2D eigenvalue weighted by molar-refractivity contribution is 0.100. The highest BCUT2D eigenvalue weighted by atomic mass is 16.3.